The van der Waals surface area contributed by atoms with Crippen LogP contribution in [0.15, 0.2) is 29.3 Å². The van der Waals surface area contributed by atoms with Gasteiger partial charge in [0, 0.05) is 36.7 Å². The number of aromatic nitrogens is 2. The van der Waals surface area contributed by atoms with Gasteiger partial charge < -0.3 is 24.3 Å². The third-order valence-electron chi connectivity index (χ3n) is 6.72. The molecular formula is C23H28N4O6S. The number of anilines is 2. The number of pyridine rings is 2. The predicted molar refractivity (Wildman–Crippen MR) is 126 cm³/mol. The van der Waals surface area contributed by atoms with Crippen molar-refractivity contribution in [2.45, 2.75) is 32.3 Å². The van der Waals surface area contributed by atoms with Gasteiger partial charge in [-0.3, -0.25) is 9.59 Å². The van der Waals surface area contributed by atoms with Crippen molar-refractivity contribution in [3.05, 3.63) is 40.4 Å². The van der Waals surface area contributed by atoms with E-state index in [0.29, 0.717) is 62.7 Å². The first-order valence-electron chi connectivity index (χ1n) is 11.5. The lowest BCUT2D eigenvalue weighted by molar-refractivity contribution is -0.135. The molecule has 1 atom stereocenters. The molecule has 0 bridgehead atoms. The highest BCUT2D eigenvalue weighted by molar-refractivity contribution is 7.91. The van der Waals surface area contributed by atoms with Crippen LogP contribution >= 0.6 is 0 Å². The number of carbonyl (C=O) groups excluding carboxylic acids is 1. The molecule has 0 aliphatic carbocycles. The van der Waals surface area contributed by atoms with Crippen molar-refractivity contribution in [2.75, 3.05) is 42.6 Å². The van der Waals surface area contributed by atoms with E-state index in [0.717, 1.165) is 11.4 Å². The predicted octanol–water partition coefficient (Wildman–Crippen LogP) is 1.41. The lowest BCUT2D eigenvalue weighted by Crippen LogP contribution is -2.39. The number of aromatic amines is 1. The first-order valence-corrected chi connectivity index (χ1v) is 13.4. The second-order valence-corrected chi connectivity index (χ2v) is 11.4. The minimum atomic E-state index is -3.00. The normalized spacial score (nSPS) is 22.2. The monoisotopic (exact) mass is 488 g/mol. The Bertz CT molecular complexity index is 1250. The fourth-order valence-electron chi connectivity index (χ4n) is 4.76. The highest BCUT2D eigenvalue weighted by Crippen LogP contribution is 2.38. The number of amides is 1. The topological polar surface area (TPSA) is 122 Å². The van der Waals surface area contributed by atoms with E-state index in [2.05, 4.69) is 14.9 Å². The van der Waals surface area contributed by atoms with Crippen molar-refractivity contribution < 1.29 is 22.7 Å². The van der Waals surface area contributed by atoms with Crippen molar-refractivity contribution >= 4 is 27.1 Å². The Labute approximate surface area is 197 Å². The molecule has 2 fully saturated rings. The van der Waals surface area contributed by atoms with Gasteiger partial charge in [-0.2, -0.15) is 0 Å². The van der Waals surface area contributed by atoms with Crippen molar-refractivity contribution in [2.24, 2.45) is 5.92 Å². The first-order chi connectivity index (χ1) is 16.3. The summed E-state index contributed by atoms with van der Waals surface area (Å²) < 4.78 is 35.2. The highest BCUT2D eigenvalue weighted by atomic mass is 32.2. The van der Waals surface area contributed by atoms with E-state index >= 15 is 0 Å². The zero-order chi connectivity index (χ0) is 23.9. The summed E-state index contributed by atoms with van der Waals surface area (Å²) in [5.74, 6) is 1.05. The number of hydrogen-bond donors (Lipinski definition) is 1. The molecule has 34 heavy (non-hydrogen) atoms. The molecule has 2 saturated heterocycles. The molecule has 0 spiro atoms. The maximum absolute atomic E-state index is 12.9. The summed E-state index contributed by atoms with van der Waals surface area (Å²) in [5, 5.41) is 0. The fourth-order valence-corrected chi connectivity index (χ4v) is 6.26. The van der Waals surface area contributed by atoms with E-state index in [-0.39, 0.29) is 35.0 Å². The summed E-state index contributed by atoms with van der Waals surface area (Å²) in [4.78, 5) is 35.6. The lowest BCUT2D eigenvalue weighted by Gasteiger charge is -2.31. The number of carbonyl (C=O) groups is 1. The molecule has 2 aromatic rings. The van der Waals surface area contributed by atoms with Gasteiger partial charge in [-0.05, 0) is 25.8 Å². The third kappa shape index (κ3) is 4.61. The third-order valence-corrected chi connectivity index (χ3v) is 8.43. The first kappa shape index (κ1) is 22.7. The second-order valence-electron chi connectivity index (χ2n) is 9.10. The Balaban J connectivity index is 1.26. The van der Waals surface area contributed by atoms with E-state index in [9.17, 15) is 18.0 Å². The molecule has 3 aliphatic rings. The Morgan fingerprint density at radius 2 is 2.00 bits per heavy atom. The molecule has 1 N–H and O–H groups in total. The van der Waals surface area contributed by atoms with Crippen LogP contribution in [0.1, 0.15) is 24.8 Å². The van der Waals surface area contributed by atoms with Gasteiger partial charge in [-0.25, -0.2) is 13.4 Å². The molecule has 5 rings (SSSR count). The second kappa shape index (κ2) is 8.94. The van der Waals surface area contributed by atoms with Crippen LogP contribution in [-0.4, -0.2) is 73.0 Å². The van der Waals surface area contributed by atoms with Crippen LogP contribution in [-0.2, 0) is 14.6 Å². The number of aryl methyl sites for hydroxylation is 1. The van der Waals surface area contributed by atoms with Gasteiger partial charge in [-0.15, -0.1) is 0 Å². The Morgan fingerprint density at radius 3 is 2.76 bits per heavy atom. The van der Waals surface area contributed by atoms with Gasteiger partial charge in [-0.1, -0.05) is 0 Å². The molecule has 5 heterocycles. The molecule has 0 saturated carbocycles. The summed E-state index contributed by atoms with van der Waals surface area (Å²) in [7, 11) is -3.00. The maximum atomic E-state index is 12.9. The van der Waals surface area contributed by atoms with E-state index in [1.54, 1.807) is 24.2 Å². The van der Waals surface area contributed by atoms with Gasteiger partial charge in [0.1, 0.15) is 22.5 Å². The molecular weight excluding hydrogens is 460 g/mol. The minimum Gasteiger partial charge on any atom is -0.488 e. The number of likely N-dealkylation sites (tertiary alicyclic amines) is 1. The number of ether oxygens (including phenoxy) is 2. The summed E-state index contributed by atoms with van der Waals surface area (Å²) in [6, 6.07) is 3.66. The lowest BCUT2D eigenvalue weighted by atomic mass is 10.0. The number of hydrogen-bond acceptors (Lipinski definition) is 8. The Hall–Kier alpha value is -3.08. The van der Waals surface area contributed by atoms with Gasteiger partial charge in [0.15, 0.2) is 5.75 Å². The molecule has 10 nitrogen and oxygen atoms in total. The van der Waals surface area contributed by atoms with Crippen LogP contribution in [0.3, 0.4) is 0 Å². The fraction of sp³-hybridized carbons (Fsp3) is 0.522. The van der Waals surface area contributed by atoms with Gasteiger partial charge in [0.05, 0.1) is 42.2 Å². The number of rotatable bonds is 4. The zero-order valence-corrected chi connectivity index (χ0v) is 19.8. The summed E-state index contributed by atoms with van der Waals surface area (Å²) in [6.07, 6.45) is 4.62. The van der Waals surface area contributed by atoms with Crippen LogP contribution in [0.4, 0.5) is 11.4 Å². The van der Waals surface area contributed by atoms with Gasteiger partial charge in [0.25, 0.3) is 5.56 Å². The molecule has 1 amide bonds. The molecule has 182 valence electrons. The molecule has 3 aliphatic heterocycles. The SMILES string of the molecule is Cc1cc(N2CCOc3cnc(O[C@H]4CCN(C(=O)C5CCS(=O)(=O)CC5)C4)cc32)c[nH]c1=O. The number of nitrogens with one attached hydrogen (secondary N) is 1. The van der Waals surface area contributed by atoms with Crippen molar-refractivity contribution in [1.29, 1.82) is 0 Å². The standard InChI is InChI=1S/C23H28N4O6S/c1-15-10-17(12-25-22(15)28)27-6-7-32-20-13-24-21(11-19(20)27)33-18-2-5-26(14-18)23(29)16-3-8-34(30,31)9-4-16/h10-13,16,18H,2-9,14H2,1H3,(H,25,28)/t18-/m0/s1. The van der Waals surface area contributed by atoms with Crippen LogP contribution in [0.5, 0.6) is 11.6 Å². The number of fused-ring (bicyclic) bond motifs is 1. The molecule has 11 heteroatoms. The van der Waals surface area contributed by atoms with Crippen molar-refractivity contribution in [3.8, 4) is 11.6 Å². The van der Waals surface area contributed by atoms with Gasteiger partial charge in [0.2, 0.25) is 11.8 Å². The molecule has 2 aromatic heterocycles. The highest BCUT2D eigenvalue weighted by Gasteiger charge is 2.35. The van der Waals surface area contributed by atoms with Crippen LogP contribution in [0.2, 0.25) is 0 Å². The summed E-state index contributed by atoms with van der Waals surface area (Å²) in [6.45, 7) is 3.92. The Kier molecular flexibility index (Phi) is 5.97. The summed E-state index contributed by atoms with van der Waals surface area (Å²) in [5.41, 5.74) is 2.16. The molecule has 0 radical (unpaired) electrons. The summed E-state index contributed by atoms with van der Waals surface area (Å²) >= 11 is 0. The average molecular weight is 489 g/mol. The van der Waals surface area contributed by atoms with Crippen LogP contribution < -0.4 is 19.9 Å². The van der Waals surface area contributed by atoms with Crippen molar-refractivity contribution in [3.63, 3.8) is 0 Å². The largest absolute Gasteiger partial charge is 0.488 e. The number of H-pyrrole nitrogens is 1. The average Bonchev–Trinajstić information content (AvgIpc) is 3.28. The quantitative estimate of drug-likeness (QED) is 0.686. The molecule has 0 unspecified atom stereocenters. The van der Waals surface area contributed by atoms with Crippen molar-refractivity contribution in [1.82, 2.24) is 14.9 Å². The van der Waals surface area contributed by atoms with E-state index in [1.165, 1.54) is 0 Å². The molecule has 0 aromatic carbocycles. The Morgan fingerprint density at radius 1 is 1.21 bits per heavy atom. The minimum absolute atomic E-state index is 0.0208. The zero-order valence-electron chi connectivity index (χ0n) is 19.0. The number of sulfone groups is 1. The van der Waals surface area contributed by atoms with E-state index < -0.39 is 9.84 Å². The van der Waals surface area contributed by atoms with E-state index in [1.807, 2.05) is 12.1 Å². The van der Waals surface area contributed by atoms with Crippen LogP contribution in [0, 0.1) is 12.8 Å². The number of nitrogens with zero attached hydrogens (tertiary/aromatic N) is 3. The maximum Gasteiger partial charge on any atom is 0.250 e. The van der Waals surface area contributed by atoms with E-state index in [4.69, 9.17) is 9.47 Å². The van der Waals surface area contributed by atoms with Gasteiger partial charge >= 0.3 is 0 Å². The van der Waals surface area contributed by atoms with Crippen LogP contribution in [0.25, 0.3) is 0 Å². The smallest absolute Gasteiger partial charge is 0.250 e.